The number of halogens is 1. The van der Waals surface area contributed by atoms with Gasteiger partial charge in [-0.15, -0.1) is 0 Å². The van der Waals surface area contributed by atoms with E-state index in [9.17, 15) is 4.79 Å². The minimum Gasteiger partial charge on any atom is -0.337 e. The maximum Gasteiger partial charge on any atom is 0.229 e. The van der Waals surface area contributed by atoms with Crippen LogP contribution in [0, 0.1) is 6.92 Å². The minimum absolute atomic E-state index is 0.0402. The Morgan fingerprint density at radius 2 is 1.75 bits per heavy atom. The van der Waals surface area contributed by atoms with Gasteiger partial charge >= 0.3 is 0 Å². The number of imidazole rings is 1. The van der Waals surface area contributed by atoms with Gasteiger partial charge in [0.15, 0.2) is 5.13 Å². The zero-order valence-corrected chi connectivity index (χ0v) is 21.6. The molecule has 5 nitrogen and oxygen atoms in total. The molecule has 5 aromatic rings. The fraction of sp³-hybridized carbons (Fsp3) is 0.207. The summed E-state index contributed by atoms with van der Waals surface area (Å²) in [6.45, 7) is 3.35. The molecular weight excluding hydrogens is 488 g/mol. The second kappa shape index (κ2) is 11.1. The Labute approximate surface area is 220 Å². The second-order valence-corrected chi connectivity index (χ2v) is 10.3. The smallest absolute Gasteiger partial charge is 0.229 e. The highest BCUT2D eigenvalue weighted by atomic mass is 35.5. The number of hydrogen-bond donors (Lipinski definition) is 0. The number of hydrogen-bond acceptors (Lipinski definition) is 4. The lowest BCUT2D eigenvalue weighted by molar-refractivity contribution is -0.118. The van der Waals surface area contributed by atoms with E-state index in [0.29, 0.717) is 23.1 Å². The zero-order valence-electron chi connectivity index (χ0n) is 20.0. The van der Waals surface area contributed by atoms with Crippen molar-refractivity contribution in [3.8, 4) is 0 Å². The van der Waals surface area contributed by atoms with Crippen molar-refractivity contribution in [1.29, 1.82) is 0 Å². The molecule has 1 amide bonds. The van der Waals surface area contributed by atoms with Gasteiger partial charge in [-0.2, -0.15) is 0 Å². The molecular formula is C29H27ClN4OS. The fourth-order valence-electron chi connectivity index (χ4n) is 4.50. The van der Waals surface area contributed by atoms with Crippen molar-refractivity contribution in [3.63, 3.8) is 0 Å². The number of carbonyl (C=O) groups is 1. The molecule has 0 atom stereocenters. The van der Waals surface area contributed by atoms with Crippen molar-refractivity contribution in [2.24, 2.45) is 0 Å². The quantitative estimate of drug-likeness (QED) is 0.211. The number of rotatable bonds is 9. The van der Waals surface area contributed by atoms with Crippen molar-refractivity contribution in [1.82, 2.24) is 14.5 Å². The molecule has 0 radical (unpaired) electrons. The summed E-state index contributed by atoms with van der Waals surface area (Å²) in [5.74, 6) is 0.0164. The molecule has 36 heavy (non-hydrogen) atoms. The summed E-state index contributed by atoms with van der Waals surface area (Å²) in [7, 11) is 0. The first-order valence-corrected chi connectivity index (χ1v) is 13.2. The molecule has 0 unspecified atom stereocenters. The van der Waals surface area contributed by atoms with E-state index in [2.05, 4.69) is 29.2 Å². The molecule has 182 valence electrons. The number of aromatic nitrogens is 3. The maximum atomic E-state index is 14.0. The first-order chi connectivity index (χ1) is 17.6. The molecule has 5 rings (SSSR count). The van der Waals surface area contributed by atoms with Gasteiger partial charge in [-0.05, 0) is 42.2 Å². The third kappa shape index (κ3) is 5.50. The normalized spacial score (nSPS) is 11.3. The van der Waals surface area contributed by atoms with Crippen LogP contribution in [0.5, 0.6) is 0 Å². The molecule has 2 aromatic heterocycles. The van der Waals surface area contributed by atoms with Crippen LogP contribution in [-0.4, -0.2) is 27.0 Å². The molecule has 0 aliphatic carbocycles. The Morgan fingerprint density at radius 3 is 2.39 bits per heavy atom. The lowest BCUT2D eigenvalue weighted by Crippen LogP contribution is -2.33. The van der Waals surface area contributed by atoms with Gasteiger partial charge in [0, 0.05) is 42.8 Å². The van der Waals surface area contributed by atoms with Crippen LogP contribution < -0.4 is 4.90 Å². The fourth-order valence-corrected chi connectivity index (χ4v) is 5.96. The number of aryl methyl sites for hydroxylation is 2. The van der Waals surface area contributed by atoms with E-state index in [4.69, 9.17) is 16.6 Å². The number of thiazole rings is 1. The van der Waals surface area contributed by atoms with Crippen molar-refractivity contribution < 1.29 is 4.79 Å². The zero-order chi connectivity index (χ0) is 24.9. The summed E-state index contributed by atoms with van der Waals surface area (Å²) in [4.78, 5) is 24.8. The topological polar surface area (TPSA) is 51.0 Å². The predicted octanol–water partition coefficient (Wildman–Crippen LogP) is 7.10. The monoisotopic (exact) mass is 514 g/mol. The van der Waals surface area contributed by atoms with Crippen LogP contribution in [0.4, 0.5) is 5.13 Å². The standard InChI is InChI=1S/C29H27ClN4OS/c1-21-17-24(30)18-26-28(21)32-29(36-26)34(15-8-14-33-16-13-31-20-33)27(35)19-25(22-9-4-2-5-10-22)23-11-6-3-7-12-23/h2-7,9-13,16-18,20,25H,8,14-15,19H2,1H3. The number of benzene rings is 3. The Morgan fingerprint density at radius 1 is 1.06 bits per heavy atom. The molecule has 0 aliphatic heterocycles. The van der Waals surface area contributed by atoms with Crippen LogP contribution >= 0.6 is 22.9 Å². The summed E-state index contributed by atoms with van der Waals surface area (Å²) < 4.78 is 3.02. The first kappa shape index (κ1) is 24.2. The van der Waals surface area contributed by atoms with Crippen LogP contribution in [0.25, 0.3) is 10.2 Å². The van der Waals surface area contributed by atoms with Crippen LogP contribution in [0.2, 0.25) is 5.02 Å². The highest BCUT2D eigenvalue weighted by Crippen LogP contribution is 2.35. The van der Waals surface area contributed by atoms with E-state index in [0.717, 1.165) is 39.9 Å². The molecule has 0 saturated carbocycles. The van der Waals surface area contributed by atoms with E-state index < -0.39 is 0 Å². The highest BCUT2D eigenvalue weighted by Gasteiger charge is 2.25. The van der Waals surface area contributed by atoms with Gasteiger partial charge in [0.1, 0.15) is 0 Å². The average Bonchev–Trinajstić information content (AvgIpc) is 3.56. The molecule has 2 heterocycles. The number of fused-ring (bicyclic) bond motifs is 1. The van der Waals surface area contributed by atoms with Gasteiger partial charge in [0.2, 0.25) is 5.91 Å². The summed E-state index contributed by atoms with van der Waals surface area (Å²) in [6.07, 6.45) is 6.66. The van der Waals surface area contributed by atoms with E-state index in [1.54, 1.807) is 12.5 Å². The van der Waals surface area contributed by atoms with Gasteiger partial charge in [-0.1, -0.05) is 83.6 Å². The van der Waals surface area contributed by atoms with Gasteiger partial charge in [0.25, 0.3) is 0 Å². The van der Waals surface area contributed by atoms with Gasteiger partial charge in [-0.3, -0.25) is 9.69 Å². The van der Waals surface area contributed by atoms with Gasteiger partial charge in [0.05, 0.1) is 16.5 Å². The van der Waals surface area contributed by atoms with Crippen LogP contribution in [0.1, 0.15) is 35.4 Å². The minimum atomic E-state index is -0.0402. The Hall–Kier alpha value is -3.48. The SMILES string of the molecule is Cc1cc(Cl)cc2sc(N(CCCn3ccnc3)C(=O)CC(c3ccccc3)c3ccccc3)nc12. The Kier molecular flexibility index (Phi) is 7.44. The third-order valence-corrected chi connectivity index (χ3v) is 7.55. The molecule has 0 aliphatic rings. The van der Waals surface area contributed by atoms with Gasteiger partial charge < -0.3 is 4.57 Å². The van der Waals surface area contributed by atoms with Crippen LogP contribution in [-0.2, 0) is 11.3 Å². The largest absolute Gasteiger partial charge is 0.337 e. The molecule has 0 saturated heterocycles. The number of amides is 1. The molecule has 7 heteroatoms. The lowest BCUT2D eigenvalue weighted by Gasteiger charge is -2.24. The van der Waals surface area contributed by atoms with E-state index in [-0.39, 0.29) is 11.8 Å². The van der Waals surface area contributed by atoms with Crippen molar-refractivity contribution in [2.45, 2.75) is 32.2 Å². The van der Waals surface area contributed by atoms with Crippen LogP contribution in [0.3, 0.4) is 0 Å². The van der Waals surface area contributed by atoms with E-state index in [1.807, 2.05) is 71.1 Å². The van der Waals surface area contributed by atoms with Crippen molar-refractivity contribution in [3.05, 3.63) is 113 Å². The molecule has 3 aromatic carbocycles. The summed E-state index contributed by atoms with van der Waals surface area (Å²) in [6, 6.07) is 24.3. The highest BCUT2D eigenvalue weighted by molar-refractivity contribution is 7.22. The summed E-state index contributed by atoms with van der Waals surface area (Å²) >= 11 is 7.83. The average molecular weight is 515 g/mol. The lowest BCUT2D eigenvalue weighted by atomic mass is 9.88. The number of carbonyl (C=O) groups excluding carboxylic acids is 1. The van der Waals surface area contributed by atoms with Crippen molar-refractivity contribution >= 4 is 44.2 Å². The third-order valence-electron chi connectivity index (χ3n) is 6.31. The van der Waals surface area contributed by atoms with E-state index >= 15 is 0 Å². The van der Waals surface area contributed by atoms with Crippen molar-refractivity contribution in [2.75, 3.05) is 11.4 Å². The second-order valence-electron chi connectivity index (χ2n) is 8.84. The van der Waals surface area contributed by atoms with Crippen LogP contribution in [0.15, 0.2) is 91.5 Å². The Balaban J connectivity index is 1.46. The first-order valence-electron chi connectivity index (χ1n) is 12.0. The predicted molar refractivity (Wildman–Crippen MR) is 148 cm³/mol. The number of anilines is 1. The molecule has 0 bridgehead atoms. The van der Waals surface area contributed by atoms with E-state index in [1.165, 1.54) is 11.3 Å². The molecule has 0 spiro atoms. The Bertz CT molecular complexity index is 1400. The number of nitrogens with zero attached hydrogens (tertiary/aromatic N) is 4. The summed E-state index contributed by atoms with van der Waals surface area (Å²) in [5.41, 5.74) is 4.16. The molecule has 0 fully saturated rings. The van der Waals surface area contributed by atoms with Gasteiger partial charge in [-0.25, -0.2) is 9.97 Å². The summed E-state index contributed by atoms with van der Waals surface area (Å²) in [5, 5.41) is 1.40. The molecule has 0 N–H and O–H groups in total. The maximum absolute atomic E-state index is 14.0.